The Morgan fingerprint density at radius 2 is 1.02 bits per heavy atom. The van der Waals surface area contributed by atoms with E-state index < -0.39 is 0 Å². The largest absolute Gasteiger partial charge is 0.298 e. The maximum atomic E-state index is 5.18. The molecule has 0 aliphatic rings. The number of imidazole rings is 1. The van der Waals surface area contributed by atoms with Gasteiger partial charge in [0.25, 0.3) is 0 Å². The van der Waals surface area contributed by atoms with Crippen LogP contribution >= 0.6 is 0 Å². The number of hydrogen-bond donors (Lipinski definition) is 0. The van der Waals surface area contributed by atoms with Crippen molar-refractivity contribution in [2.45, 2.75) is 0 Å². The standard InChI is InChI=1S/C40H25N3/c1-2-9-27-22-30(16-15-26(27)8-1)32-20-19-31-23-29(17-18-33(31)24-32)28-10-7-11-34(25-28)38-40-39(35-12-3-4-13-36(35)41-38)42-37-14-5-6-21-43(37)40/h1-25H. The normalized spacial score (nSPS) is 11.7. The fourth-order valence-electron chi connectivity index (χ4n) is 6.38. The van der Waals surface area contributed by atoms with E-state index in [4.69, 9.17) is 9.97 Å². The number of hydrogen-bond acceptors (Lipinski definition) is 2. The summed E-state index contributed by atoms with van der Waals surface area (Å²) in [4.78, 5) is 10.2. The highest BCUT2D eigenvalue weighted by Crippen LogP contribution is 2.36. The van der Waals surface area contributed by atoms with E-state index in [-0.39, 0.29) is 0 Å². The van der Waals surface area contributed by atoms with Gasteiger partial charge in [-0.2, -0.15) is 0 Å². The highest BCUT2D eigenvalue weighted by Gasteiger charge is 2.16. The smallest absolute Gasteiger partial charge is 0.137 e. The van der Waals surface area contributed by atoms with Crippen molar-refractivity contribution in [2.75, 3.05) is 0 Å². The van der Waals surface area contributed by atoms with Crippen molar-refractivity contribution < 1.29 is 0 Å². The van der Waals surface area contributed by atoms with E-state index in [9.17, 15) is 0 Å². The zero-order valence-corrected chi connectivity index (χ0v) is 23.3. The van der Waals surface area contributed by atoms with Crippen LogP contribution in [-0.2, 0) is 0 Å². The Labute approximate surface area is 248 Å². The molecule has 0 atom stereocenters. The molecule has 0 radical (unpaired) electrons. The third-order valence-electron chi connectivity index (χ3n) is 8.54. The number of aromatic nitrogens is 3. The Morgan fingerprint density at radius 3 is 1.81 bits per heavy atom. The fourth-order valence-corrected chi connectivity index (χ4v) is 6.38. The molecule has 0 unspecified atom stereocenters. The topological polar surface area (TPSA) is 30.2 Å². The molecule has 6 aromatic carbocycles. The molecule has 9 rings (SSSR count). The van der Waals surface area contributed by atoms with Gasteiger partial charge in [0, 0.05) is 17.1 Å². The van der Waals surface area contributed by atoms with Crippen LogP contribution in [-0.4, -0.2) is 14.4 Å². The van der Waals surface area contributed by atoms with Gasteiger partial charge in [0.15, 0.2) is 0 Å². The number of nitrogens with zero attached hydrogens (tertiary/aromatic N) is 3. The lowest BCUT2D eigenvalue weighted by molar-refractivity contribution is 1.22. The molecule has 200 valence electrons. The molecule has 0 spiro atoms. The number of fused-ring (bicyclic) bond motifs is 7. The SMILES string of the molecule is c1cc(-c2ccc3cc(-c4ccc5ccccc5c4)ccc3c2)cc(-c2nc3ccccc3c3nc4ccccn4c23)c1. The minimum Gasteiger partial charge on any atom is -0.298 e. The van der Waals surface area contributed by atoms with E-state index in [1.54, 1.807) is 0 Å². The third kappa shape index (κ3) is 3.90. The van der Waals surface area contributed by atoms with E-state index in [1.165, 1.54) is 38.2 Å². The summed E-state index contributed by atoms with van der Waals surface area (Å²) in [5, 5.41) is 6.05. The average Bonchev–Trinajstić information content (AvgIpc) is 3.47. The predicted molar refractivity (Wildman–Crippen MR) is 179 cm³/mol. The summed E-state index contributed by atoms with van der Waals surface area (Å²) in [6.07, 6.45) is 2.07. The lowest BCUT2D eigenvalue weighted by Crippen LogP contribution is -1.92. The van der Waals surface area contributed by atoms with Gasteiger partial charge in [-0.05, 0) is 86.3 Å². The first-order valence-electron chi connectivity index (χ1n) is 14.6. The lowest BCUT2D eigenvalue weighted by Gasteiger charge is -2.11. The summed E-state index contributed by atoms with van der Waals surface area (Å²) in [7, 11) is 0. The van der Waals surface area contributed by atoms with Crippen molar-refractivity contribution in [3.63, 3.8) is 0 Å². The van der Waals surface area contributed by atoms with Gasteiger partial charge in [0.05, 0.1) is 16.7 Å². The summed E-state index contributed by atoms with van der Waals surface area (Å²) in [6.45, 7) is 0. The van der Waals surface area contributed by atoms with Crippen molar-refractivity contribution in [3.8, 4) is 33.5 Å². The Balaban J connectivity index is 1.15. The molecule has 3 nitrogen and oxygen atoms in total. The second-order valence-corrected chi connectivity index (χ2v) is 11.1. The number of rotatable bonds is 3. The zero-order valence-electron chi connectivity index (χ0n) is 23.3. The van der Waals surface area contributed by atoms with Gasteiger partial charge in [0.1, 0.15) is 11.2 Å². The molecule has 43 heavy (non-hydrogen) atoms. The van der Waals surface area contributed by atoms with Crippen LogP contribution in [0.2, 0.25) is 0 Å². The molecule has 0 saturated carbocycles. The van der Waals surface area contributed by atoms with Crippen LogP contribution in [0, 0.1) is 0 Å². The van der Waals surface area contributed by atoms with E-state index in [0.717, 1.165) is 44.4 Å². The number of pyridine rings is 2. The molecule has 3 heteroatoms. The summed E-state index contributed by atoms with van der Waals surface area (Å²) < 4.78 is 2.15. The molecule has 0 aliphatic carbocycles. The summed E-state index contributed by atoms with van der Waals surface area (Å²) in [5.41, 5.74) is 10.7. The monoisotopic (exact) mass is 547 g/mol. The molecule has 0 N–H and O–H groups in total. The van der Waals surface area contributed by atoms with E-state index in [2.05, 4.69) is 138 Å². The molecule has 0 saturated heterocycles. The maximum Gasteiger partial charge on any atom is 0.137 e. The van der Waals surface area contributed by atoms with E-state index in [1.807, 2.05) is 18.2 Å². The number of benzene rings is 6. The second kappa shape index (κ2) is 9.37. The van der Waals surface area contributed by atoms with Crippen LogP contribution < -0.4 is 0 Å². The first kappa shape index (κ1) is 23.9. The van der Waals surface area contributed by atoms with Gasteiger partial charge in [0.2, 0.25) is 0 Å². The average molecular weight is 548 g/mol. The van der Waals surface area contributed by atoms with E-state index in [0.29, 0.717) is 0 Å². The van der Waals surface area contributed by atoms with Crippen LogP contribution in [0.15, 0.2) is 152 Å². The van der Waals surface area contributed by atoms with Gasteiger partial charge in [-0.15, -0.1) is 0 Å². The van der Waals surface area contributed by atoms with Gasteiger partial charge in [-0.25, -0.2) is 9.97 Å². The summed E-state index contributed by atoms with van der Waals surface area (Å²) >= 11 is 0. The quantitative estimate of drug-likeness (QED) is 0.220. The van der Waals surface area contributed by atoms with Crippen LogP contribution in [0.1, 0.15) is 0 Å². The maximum absolute atomic E-state index is 5.18. The van der Waals surface area contributed by atoms with Crippen molar-refractivity contribution in [1.29, 1.82) is 0 Å². The van der Waals surface area contributed by atoms with E-state index >= 15 is 0 Å². The van der Waals surface area contributed by atoms with Gasteiger partial charge in [-0.1, -0.05) is 103 Å². The van der Waals surface area contributed by atoms with Gasteiger partial charge < -0.3 is 0 Å². The second-order valence-electron chi connectivity index (χ2n) is 11.1. The predicted octanol–water partition coefficient (Wildman–Crippen LogP) is 10.3. The molecular formula is C40H25N3. The molecular weight excluding hydrogens is 522 g/mol. The minimum absolute atomic E-state index is 0.922. The lowest BCUT2D eigenvalue weighted by atomic mass is 9.95. The molecule has 0 amide bonds. The van der Waals surface area contributed by atoms with Crippen LogP contribution in [0.5, 0.6) is 0 Å². The summed E-state index contributed by atoms with van der Waals surface area (Å²) in [5.74, 6) is 0. The molecule has 0 aliphatic heterocycles. The fraction of sp³-hybridized carbons (Fsp3) is 0. The highest BCUT2D eigenvalue weighted by molar-refractivity contribution is 6.09. The Bertz CT molecular complexity index is 2520. The van der Waals surface area contributed by atoms with Crippen LogP contribution in [0.25, 0.3) is 82.6 Å². The first-order chi connectivity index (χ1) is 21.3. The van der Waals surface area contributed by atoms with Crippen molar-refractivity contribution in [3.05, 3.63) is 152 Å². The van der Waals surface area contributed by atoms with Gasteiger partial charge in [-0.3, -0.25) is 4.40 Å². The third-order valence-corrected chi connectivity index (χ3v) is 8.54. The molecule has 3 heterocycles. The molecule has 0 bridgehead atoms. The molecule has 9 aromatic rings. The highest BCUT2D eigenvalue weighted by atomic mass is 15.0. The van der Waals surface area contributed by atoms with Crippen molar-refractivity contribution in [1.82, 2.24) is 14.4 Å². The molecule has 3 aromatic heterocycles. The first-order valence-corrected chi connectivity index (χ1v) is 14.6. The Hall–Kier alpha value is -5.80. The Kier molecular flexibility index (Phi) is 5.20. The van der Waals surface area contributed by atoms with Crippen LogP contribution in [0.4, 0.5) is 0 Å². The molecule has 0 fully saturated rings. The summed E-state index contributed by atoms with van der Waals surface area (Å²) in [6, 6.07) is 51.8. The Morgan fingerprint density at radius 1 is 0.419 bits per heavy atom. The van der Waals surface area contributed by atoms with Crippen molar-refractivity contribution >= 4 is 49.1 Å². The number of para-hydroxylation sites is 1. The van der Waals surface area contributed by atoms with Crippen LogP contribution in [0.3, 0.4) is 0 Å². The van der Waals surface area contributed by atoms with Gasteiger partial charge >= 0.3 is 0 Å². The zero-order chi connectivity index (χ0) is 28.3. The van der Waals surface area contributed by atoms with Crippen molar-refractivity contribution in [2.24, 2.45) is 0 Å². The minimum atomic E-state index is 0.922.